The van der Waals surface area contributed by atoms with Crippen molar-refractivity contribution in [2.75, 3.05) is 0 Å². The zero-order valence-electron chi connectivity index (χ0n) is 16.3. The van der Waals surface area contributed by atoms with E-state index >= 15 is 0 Å². The molecule has 144 valence electrons. The van der Waals surface area contributed by atoms with E-state index < -0.39 is 10.0 Å². The Kier molecular flexibility index (Phi) is 5.43. The van der Waals surface area contributed by atoms with Gasteiger partial charge in [0.2, 0.25) is 0 Å². The van der Waals surface area contributed by atoms with Gasteiger partial charge in [-0.15, -0.1) is 0 Å². The molecule has 1 aromatic heterocycles. The molecule has 1 heterocycles. The minimum absolute atomic E-state index is 0.0658. The van der Waals surface area contributed by atoms with E-state index in [1.54, 1.807) is 42.6 Å². The summed E-state index contributed by atoms with van der Waals surface area (Å²) in [4.78, 5) is 12.7. The van der Waals surface area contributed by atoms with Crippen LogP contribution in [0, 0.1) is 11.8 Å². The van der Waals surface area contributed by atoms with E-state index in [4.69, 9.17) is 0 Å². The molecule has 3 rings (SSSR count). The van der Waals surface area contributed by atoms with Crippen molar-refractivity contribution >= 4 is 15.8 Å². The Hall–Kier alpha value is -2.14. The first kappa shape index (κ1) is 19.6. The van der Waals surface area contributed by atoms with Crippen LogP contribution in [0.5, 0.6) is 0 Å². The van der Waals surface area contributed by atoms with E-state index in [-0.39, 0.29) is 28.4 Å². The van der Waals surface area contributed by atoms with Crippen molar-refractivity contribution in [3.63, 3.8) is 0 Å². The van der Waals surface area contributed by atoms with Gasteiger partial charge in [0.1, 0.15) is 0 Å². The summed E-state index contributed by atoms with van der Waals surface area (Å²) in [5, 5.41) is 0. The maximum atomic E-state index is 13.2. The standard InChI is InChI=1S/C22H27NO3S/c1-5-20(24)17(4)21-15(2)14-16(3)22(21)19-12-9-13-23(19)27(25,26)18-10-7-6-8-11-18/h6-13,15-16,22H,5,14H2,1-4H3/b21-17+/t15?,16-,22-/m0/s1. The molecule has 0 aliphatic heterocycles. The number of ketones is 1. The Balaban J connectivity index is 2.15. The van der Waals surface area contributed by atoms with Crippen LogP contribution >= 0.6 is 0 Å². The van der Waals surface area contributed by atoms with Crippen LogP contribution in [0.15, 0.2) is 64.7 Å². The van der Waals surface area contributed by atoms with Gasteiger partial charge < -0.3 is 0 Å². The van der Waals surface area contributed by atoms with E-state index in [0.717, 1.165) is 23.3 Å². The number of aromatic nitrogens is 1. The lowest BCUT2D eigenvalue weighted by atomic mass is 9.86. The molecule has 1 aliphatic carbocycles. The molecule has 27 heavy (non-hydrogen) atoms. The number of rotatable bonds is 5. The Morgan fingerprint density at radius 3 is 2.41 bits per heavy atom. The van der Waals surface area contributed by atoms with Gasteiger partial charge in [0.15, 0.2) is 5.78 Å². The number of carbonyl (C=O) groups is 1. The summed E-state index contributed by atoms with van der Waals surface area (Å²) in [6.45, 7) is 8.04. The second kappa shape index (κ2) is 7.47. The molecule has 1 fully saturated rings. The Labute approximate surface area is 162 Å². The third kappa shape index (κ3) is 3.41. The van der Waals surface area contributed by atoms with Gasteiger partial charge in [0.25, 0.3) is 10.0 Å². The highest BCUT2D eigenvalue weighted by Gasteiger charge is 2.39. The lowest BCUT2D eigenvalue weighted by Gasteiger charge is -2.22. The molecule has 1 aliphatic rings. The smallest absolute Gasteiger partial charge is 0.267 e. The molecule has 0 amide bonds. The fourth-order valence-electron chi connectivity index (χ4n) is 4.46. The number of Topliss-reactive ketones (excluding diaryl/α,β-unsaturated/α-hetero) is 1. The summed E-state index contributed by atoms with van der Waals surface area (Å²) in [5.74, 6) is 0.612. The first-order valence-electron chi connectivity index (χ1n) is 9.50. The van der Waals surface area contributed by atoms with Gasteiger partial charge >= 0.3 is 0 Å². The fourth-order valence-corrected chi connectivity index (χ4v) is 5.87. The van der Waals surface area contributed by atoms with Crippen LogP contribution in [0.2, 0.25) is 0 Å². The summed E-state index contributed by atoms with van der Waals surface area (Å²) >= 11 is 0. The summed E-state index contributed by atoms with van der Waals surface area (Å²) in [5.41, 5.74) is 2.63. The number of carbonyl (C=O) groups excluding carboxylic acids is 1. The molecule has 3 atom stereocenters. The quantitative estimate of drug-likeness (QED) is 0.696. The zero-order valence-corrected chi connectivity index (χ0v) is 17.2. The summed E-state index contributed by atoms with van der Waals surface area (Å²) in [6.07, 6.45) is 3.03. The average molecular weight is 386 g/mol. The number of benzene rings is 1. The Bertz CT molecular complexity index is 970. The number of hydrogen-bond donors (Lipinski definition) is 0. The van der Waals surface area contributed by atoms with Gasteiger partial charge in [-0.3, -0.25) is 4.79 Å². The Morgan fingerprint density at radius 2 is 1.78 bits per heavy atom. The van der Waals surface area contributed by atoms with Crippen molar-refractivity contribution in [2.45, 2.75) is 51.3 Å². The molecular weight excluding hydrogens is 358 g/mol. The van der Waals surface area contributed by atoms with Gasteiger partial charge in [0.05, 0.1) is 4.90 Å². The average Bonchev–Trinajstić information content (AvgIpc) is 3.25. The van der Waals surface area contributed by atoms with Crippen molar-refractivity contribution in [2.24, 2.45) is 11.8 Å². The molecule has 1 aromatic carbocycles. The third-order valence-electron chi connectivity index (χ3n) is 5.69. The van der Waals surface area contributed by atoms with E-state index in [1.165, 1.54) is 3.97 Å². The number of allylic oxidation sites excluding steroid dienone is 2. The van der Waals surface area contributed by atoms with Gasteiger partial charge in [-0.1, -0.05) is 44.5 Å². The largest absolute Gasteiger partial charge is 0.295 e. The van der Waals surface area contributed by atoms with Crippen molar-refractivity contribution in [1.29, 1.82) is 0 Å². The van der Waals surface area contributed by atoms with Crippen LogP contribution < -0.4 is 0 Å². The first-order valence-corrected chi connectivity index (χ1v) is 10.9. The molecule has 1 unspecified atom stereocenters. The topological polar surface area (TPSA) is 56.1 Å². The maximum absolute atomic E-state index is 13.2. The highest BCUT2D eigenvalue weighted by molar-refractivity contribution is 7.90. The predicted octanol–water partition coefficient (Wildman–Crippen LogP) is 4.78. The van der Waals surface area contributed by atoms with Crippen LogP contribution in [-0.2, 0) is 14.8 Å². The van der Waals surface area contributed by atoms with E-state index in [1.807, 2.05) is 19.9 Å². The van der Waals surface area contributed by atoms with Crippen molar-refractivity contribution in [3.8, 4) is 0 Å². The van der Waals surface area contributed by atoms with Crippen LogP contribution in [0.25, 0.3) is 0 Å². The molecule has 2 aromatic rings. The highest BCUT2D eigenvalue weighted by Crippen LogP contribution is 2.49. The van der Waals surface area contributed by atoms with Gasteiger partial charge in [-0.25, -0.2) is 12.4 Å². The minimum atomic E-state index is -3.67. The number of hydrogen-bond acceptors (Lipinski definition) is 3. The molecule has 0 spiro atoms. The molecule has 0 N–H and O–H groups in total. The molecule has 5 heteroatoms. The second-order valence-electron chi connectivity index (χ2n) is 7.50. The van der Waals surface area contributed by atoms with Crippen LogP contribution in [0.1, 0.15) is 52.1 Å². The fraction of sp³-hybridized carbons (Fsp3) is 0.409. The molecule has 1 saturated carbocycles. The van der Waals surface area contributed by atoms with Crippen molar-refractivity contribution < 1.29 is 13.2 Å². The van der Waals surface area contributed by atoms with E-state index in [2.05, 4.69) is 13.8 Å². The van der Waals surface area contributed by atoms with Crippen LogP contribution in [0.4, 0.5) is 0 Å². The monoisotopic (exact) mass is 385 g/mol. The molecule has 0 saturated heterocycles. The first-order chi connectivity index (χ1) is 12.8. The van der Waals surface area contributed by atoms with E-state index in [0.29, 0.717) is 6.42 Å². The highest BCUT2D eigenvalue weighted by atomic mass is 32.2. The lowest BCUT2D eigenvalue weighted by Crippen LogP contribution is -2.19. The molecule has 4 nitrogen and oxygen atoms in total. The summed E-state index contributed by atoms with van der Waals surface area (Å²) in [7, 11) is -3.67. The predicted molar refractivity (Wildman–Crippen MR) is 107 cm³/mol. The summed E-state index contributed by atoms with van der Waals surface area (Å²) < 4.78 is 27.8. The SMILES string of the molecule is CCC(=O)/C(C)=C1\C(C)C[C@H](C)[C@H]1c1cccn1S(=O)(=O)c1ccccc1. The van der Waals surface area contributed by atoms with Gasteiger partial charge in [-0.05, 0) is 55.0 Å². The second-order valence-corrected chi connectivity index (χ2v) is 9.31. The lowest BCUT2D eigenvalue weighted by molar-refractivity contribution is -0.115. The molecule has 0 bridgehead atoms. The van der Waals surface area contributed by atoms with Gasteiger partial charge in [-0.2, -0.15) is 0 Å². The molecular formula is C22H27NO3S. The van der Waals surface area contributed by atoms with Crippen molar-refractivity contribution in [1.82, 2.24) is 3.97 Å². The Morgan fingerprint density at radius 1 is 1.11 bits per heavy atom. The van der Waals surface area contributed by atoms with Crippen LogP contribution in [0.3, 0.4) is 0 Å². The van der Waals surface area contributed by atoms with Crippen LogP contribution in [-0.4, -0.2) is 18.2 Å². The third-order valence-corrected chi connectivity index (χ3v) is 7.41. The summed E-state index contributed by atoms with van der Waals surface area (Å²) in [6, 6.07) is 12.1. The normalized spacial score (nSPS) is 24.8. The number of nitrogens with zero attached hydrogens (tertiary/aromatic N) is 1. The zero-order chi connectivity index (χ0) is 19.8. The van der Waals surface area contributed by atoms with Gasteiger partial charge in [0, 0.05) is 24.2 Å². The minimum Gasteiger partial charge on any atom is -0.295 e. The maximum Gasteiger partial charge on any atom is 0.267 e. The van der Waals surface area contributed by atoms with E-state index in [9.17, 15) is 13.2 Å². The molecule has 0 radical (unpaired) electrons. The van der Waals surface area contributed by atoms with Crippen molar-refractivity contribution in [3.05, 3.63) is 65.5 Å².